The second-order valence-electron chi connectivity index (χ2n) is 3.46. The number of fused-ring (bicyclic) bond motifs is 1. The minimum Gasteiger partial charge on any atom is -0.481 e. The Morgan fingerprint density at radius 1 is 1.36 bits per heavy atom. The second-order valence-corrected chi connectivity index (χ2v) is 3.46. The van der Waals surface area contributed by atoms with E-state index in [1.165, 1.54) is 0 Å². The smallest absolute Gasteiger partial charge is 0.307 e. The first kappa shape index (κ1) is 7.00. The van der Waals surface area contributed by atoms with Gasteiger partial charge >= 0.3 is 5.97 Å². The maximum Gasteiger partial charge on any atom is 0.307 e. The molecule has 11 heavy (non-hydrogen) atoms. The van der Waals surface area contributed by atoms with Crippen molar-refractivity contribution in [3.63, 3.8) is 0 Å². The molecule has 0 aromatic carbocycles. The molecule has 62 valence electrons. The van der Waals surface area contributed by atoms with E-state index in [2.05, 4.69) is 0 Å². The summed E-state index contributed by atoms with van der Waals surface area (Å²) in [6.07, 6.45) is -0.427. The Morgan fingerprint density at radius 2 is 1.82 bits per heavy atom. The summed E-state index contributed by atoms with van der Waals surface area (Å²) in [5.74, 6) is -4.42. The van der Waals surface area contributed by atoms with Crippen molar-refractivity contribution in [2.75, 3.05) is 0 Å². The van der Waals surface area contributed by atoms with Crippen LogP contribution in [0.15, 0.2) is 0 Å². The third kappa shape index (κ3) is 0.921. The van der Waals surface area contributed by atoms with Gasteiger partial charge in [-0.15, -0.1) is 0 Å². The van der Waals surface area contributed by atoms with E-state index in [0.717, 1.165) is 0 Å². The van der Waals surface area contributed by atoms with Crippen molar-refractivity contribution < 1.29 is 18.7 Å². The molecular formula is C7H8F2O2. The Bertz CT molecular complexity index is 200. The molecule has 0 aliphatic heterocycles. The maximum atomic E-state index is 12.5. The first-order chi connectivity index (χ1) is 5.01. The Hall–Kier alpha value is -0.670. The molecule has 0 spiro atoms. The molecule has 0 bridgehead atoms. The van der Waals surface area contributed by atoms with Gasteiger partial charge in [-0.2, -0.15) is 0 Å². The lowest BCUT2D eigenvalue weighted by Gasteiger charge is -2.10. The van der Waals surface area contributed by atoms with Crippen LogP contribution in [0.1, 0.15) is 12.8 Å². The van der Waals surface area contributed by atoms with E-state index in [9.17, 15) is 13.6 Å². The molecule has 2 fully saturated rings. The highest BCUT2D eigenvalue weighted by Gasteiger charge is 2.65. The van der Waals surface area contributed by atoms with Crippen LogP contribution in [0.2, 0.25) is 0 Å². The summed E-state index contributed by atoms with van der Waals surface area (Å²) in [6.45, 7) is 0. The quantitative estimate of drug-likeness (QED) is 0.632. The zero-order valence-electron chi connectivity index (χ0n) is 5.76. The first-order valence-corrected chi connectivity index (χ1v) is 3.62. The third-order valence-electron chi connectivity index (χ3n) is 2.69. The Kier molecular flexibility index (Phi) is 1.10. The highest BCUT2D eigenvalue weighted by molar-refractivity contribution is 5.74. The van der Waals surface area contributed by atoms with Gasteiger partial charge in [-0.25, -0.2) is 8.78 Å². The summed E-state index contributed by atoms with van der Waals surface area (Å²) in [7, 11) is 0. The highest BCUT2D eigenvalue weighted by atomic mass is 19.3. The Balaban J connectivity index is 2.01. The summed E-state index contributed by atoms with van der Waals surface area (Å²) < 4.78 is 24.9. The van der Waals surface area contributed by atoms with Gasteiger partial charge in [-0.3, -0.25) is 4.79 Å². The van der Waals surface area contributed by atoms with Gasteiger partial charge in [0.15, 0.2) is 0 Å². The molecule has 2 saturated carbocycles. The lowest BCUT2D eigenvalue weighted by atomic mass is 10.1. The number of carboxylic acids is 1. The maximum absolute atomic E-state index is 12.5. The van der Waals surface area contributed by atoms with Crippen LogP contribution in [-0.2, 0) is 4.79 Å². The van der Waals surface area contributed by atoms with Gasteiger partial charge in [0.05, 0.1) is 5.92 Å². The van der Waals surface area contributed by atoms with Crippen LogP contribution >= 0.6 is 0 Å². The predicted octanol–water partition coefficient (Wildman–Crippen LogP) is 1.36. The van der Waals surface area contributed by atoms with Crippen molar-refractivity contribution in [1.29, 1.82) is 0 Å². The number of carbonyl (C=O) groups is 1. The molecule has 2 atom stereocenters. The molecule has 0 aromatic rings. The Labute approximate surface area is 62.2 Å². The van der Waals surface area contributed by atoms with Crippen LogP contribution in [0.5, 0.6) is 0 Å². The van der Waals surface area contributed by atoms with Crippen LogP contribution in [0, 0.1) is 17.8 Å². The normalized spacial score (nSPS) is 45.1. The SMILES string of the molecule is O=C(O)C1[C@@H]2CC(F)(F)C[C@@H]12. The summed E-state index contributed by atoms with van der Waals surface area (Å²) in [5.41, 5.74) is 0. The highest BCUT2D eigenvalue weighted by Crippen LogP contribution is 2.62. The van der Waals surface area contributed by atoms with Gasteiger partial charge < -0.3 is 5.11 Å². The number of hydrogen-bond donors (Lipinski definition) is 1. The number of rotatable bonds is 1. The first-order valence-electron chi connectivity index (χ1n) is 3.62. The standard InChI is InChI=1S/C7H8F2O2/c8-7(9)1-3-4(2-7)5(3)6(10)11/h3-5H,1-2H2,(H,10,11)/t3-,4-/m1/s1. The molecule has 4 heteroatoms. The Morgan fingerprint density at radius 3 is 2.18 bits per heavy atom. The monoisotopic (exact) mass is 162 g/mol. The average Bonchev–Trinajstić information content (AvgIpc) is 2.31. The molecule has 2 aliphatic carbocycles. The summed E-state index contributed by atoms with van der Waals surface area (Å²) in [4.78, 5) is 10.3. The van der Waals surface area contributed by atoms with Gasteiger partial charge in [-0.05, 0) is 11.8 Å². The molecular weight excluding hydrogens is 154 g/mol. The van der Waals surface area contributed by atoms with Gasteiger partial charge in [0.2, 0.25) is 5.92 Å². The van der Waals surface area contributed by atoms with Crippen LogP contribution in [0.3, 0.4) is 0 Å². The van der Waals surface area contributed by atoms with Crippen LogP contribution < -0.4 is 0 Å². The molecule has 0 amide bonds. The third-order valence-corrected chi connectivity index (χ3v) is 2.69. The topological polar surface area (TPSA) is 37.3 Å². The molecule has 0 aromatic heterocycles. The summed E-state index contributed by atoms with van der Waals surface area (Å²) >= 11 is 0. The lowest BCUT2D eigenvalue weighted by molar-refractivity contribution is -0.140. The second kappa shape index (κ2) is 1.73. The van der Waals surface area contributed by atoms with E-state index in [0.29, 0.717) is 0 Å². The molecule has 1 N–H and O–H groups in total. The lowest BCUT2D eigenvalue weighted by Crippen LogP contribution is -2.17. The number of halogens is 2. The number of aliphatic carboxylic acids is 1. The molecule has 2 nitrogen and oxygen atoms in total. The molecule has 0 unspecified atom stereocenters. The van der Waals surface area contributed by atoms with Crippen molar-refractivity contribution in [2.45, 2.75) is 18.8 Å². The number of alkyl halides is 2. The number of hydrogen-bond acceptors (Lipinski definition) is 1. The van der Waals surface area contributed by atoms with Crippen molar-refractivity contribution in [2.24, 2.45) is 17.8 Å². The van der Waals surface area contributed by atoms with Gasteiger partial charge in [0, 0.05) is 12.8 Å². The fraction of sp³-hybridized carbons (Fsp3) is 0.857. The van der Waals surface area contributed by atoms with Gasteiger partial charge in [0.25, 0.3) is 0 Å². The minimum absolute atomic E-state index is 0.214. The molecule has 0 saturated heterocycles. The summed E-state index contributed by atoms with van der Waals surface area (Å²) in [5, 5.41) is 8.48. The molecule has 2 rings (SSSR count). The molecule has 0 heterocycles. The van der Waals surface area contributed by atoms with Crippen molar-refractivity contribution in [3.8, 4) is 0 Å². The van der Waals surface area contributed by atoms with Crippen LogP contribution in [0.4, 0.5) is 8.78 Å². The average molecular weight is 162 g/mol. The largest absolute Gasteiger partial charge is 0.481 e. The van der Waals surface area contributed by atoms with Crippen molar-refractivity contribution in [3.05, 3.63) is 0 Å². The fourth-order valence-corrected chi connectivity index (χ4v) is 2.14. The molecule has 2 aliphatic rings. The van der Waals surface area contributed by atoms with E-state index in [1.54, 1.807) is 0 Å². The van der Waals surface area contributed by atoms with E-state index in [1.807, 2.05) is 0 Å². The predicted molar refractivity (Wildman–Crippen MR) is 32.3 cm³/mol. The van der Waals surface area contributed by atoms with Crippen LogP contribution in [0.25, 0.3) is 0 Å². The minimum atomic E-state index is -2.58. The van der Waals surface area contributed by atoms with E-state index < -0.39 is 17.8 Å². The van der Waals surface area contributed by atoms with E-state index >= 15 is 0 Å². The van der Waals surface area contributed by atoms with E-state index in [4.69, 9.17) is 5.11 Å². The van der Waals surface area contributed by atoms with E-state index in [-0.39, 0.29) is 24.7 Å². The fourth-order valence-electron chi connectivity index (χ4n) is 2.14. The van der Waals surface area contributed by atoms with Gasteiger partial charge in [0.1, 0.15) is 0 Å². The summed E-state index contributed by atoms with van der Waals surface area (Å²) in [6, 6.07) is 0. The van der Waals surface area contributed by atoms with Crippen LogP contribution in [-0.4, -0.2) is 17.0 Å². The van der Waals surface area contributed by atoms with Crippen molar-refractivity contribution in [1.82, 2.24) is 0 Å². The number of carboxylic acid groups (broad SMARTS) is 1. The van der Waals surface area contributed by atoms with Crippen molar-refractivity contribution >= 4 is 5.97 Å². The van der Waals surface area contributed by atoms with Gasteiger partial charge in [-0.1, -0.05) is 0 Å². The zero-order valence-corrected chi connectivity index (χ0v) is 5.76. The zero-order chi connectivity index (χ0) is 8.22. The molecule has 0 radical (unpaired) electrons.